The molecule has 10 nitrogen and oxygen atoms in total. The summed E-state index contributed by atoms with van der Waals surface area (Å²) in [5.41, 5.74) is -1.79. The lowest BCUT2D eigenvalue weighted by Gasteiger charge is -2.58. The molecule has 0 aromatic heterocycles. The second-order valence-electron chi connectivity index (χ2n) is 12.0. The Morgan fingerprint density at radius 3 is 2.56 bits per heavy atom. The van der Waals surface area contributed by atoms with Gasteiger partial charge in [-0.05, 0) is 38.2 Å². The Labute approximate surface area is 228 Å². The predicted molar refractivity (Wildman–Crippen MR) is 137 cm³/mol. The van der Waals surface area contributed by atoms with Gasteiger partial charge in [-0.15, -0.1) is 0 Å². The second kappa shape index (κ2) is 10.4. The number of carbonyl (C=O) groups is 2. The van der Waals surface area contributed by atoms with Crippen LogP contribution in [0.1, 0.15) is 47.0 Å². The topological polar surface area (TPSA) is 144 Å². The van der Waals surface area contributed by atoms with Crippen LogP contribution in [-0.2, 0) is 33.3 Å². The molecule has 3 aliphatic heterocycles. The first-order valence-corrected chi connectivity index (χ1v) is 13.8. The van der Waals surface area contributed by atoms with E-state index in [0.717, 1.165) is 5.57 Å². The molecule has 2 bridgehead atoms. The van der Waals surface area contributed by atoms with Gasteiger partial charge >= 0.3 is 11.9 Å². The molecule has 3 N–H and O–H groups in total. The van der Waals surface area contributed by atoms with E-state index >= 15 is 0 Å². The van der Waals surface area contributed by atoms with E-state index in [1.54, 1.807) is 26.0 Å². The molecule has 0 unspecified atom stereocenters. The Bertz CT molecular complexity index is 1060. The molecule has 11 atom stereocenters. The molecule has 39 heavy (non-hydrogen) atoms. The molecule has 2 saturated heterocycles. The molecule has 1 saturated carbocycles. The van der Waals surface area contributed by atoms with Crippen LogP contribution >= 0.6 is 0 Å². The zero-order chi connectivity index (χ0) is 28.2. The highest BCUT2D eigenvalue weighted by Gasteiger charge is 2.83. The van der Waals surface area contributed by atoms with Crippen LogP contribution in [0.5, 0.6) is 0 Å². The van der Waals surface area contributed by atoms with Gasteiger partial charge in [0.1, 0.15) is 24.4 Å². The van der Waals surface area contributed by atoms with E-state index < -0.39 is 70.9 Å². The molecule has 216 valence electrons. The van der Waals surface area contributed by atoms with E-state index in [9.17, 15) is 24.9 Å². The molecule has 5 aliphatic rings. The fourth-order valence-electron chi connectivity index (χ4n) is 7.05. The summed E-state index contributed by atoms with van der Waals surface area (Å²) in [6.45, 7) is 7.58. The minimum Gasteiger partial charge on any atom is -0.463 e. The minimum atomic E-state index is -1.40. The van der Waals surface area contributed by atoms with Gasteiger partial charge < -0.3 is 39.0 Å². The third-order valence-electron chi connectivity index (χ3n) is 9.83. The number of cyclic esters (lactones) is 1. The zero-order valence-electron chi connectivity index (χ0n) is 22.9. The number of rotatable bonds is 1. The number of hydrogen-bond acceptors (Lipinski definition) is 10. The Morgan fingerprint density at radius 2 is 1.87 bits per heavy atom. The number of esters is 2. The van der Waals surface area contributed by atoms with Crippen molar-refractivity contribution < 1.29 is 48.6 Å². The summed E-state index contributed by atoms with van der Waals surface area (Å²) in [4.78, 5) is 26.1. The zero-order valence-corrected chi connectivity index (χ0v) is 22.9. The molecule has 0 aromatic rings. The van der Waals surface area contributed by atoms with E-state index in [2.05, 4.69) is 0 Å². The highest BCUT2D eigenvalue weighted by atomic mass is 16.6. The number of carbonyl (C=O) groups excluding carboxylic acids is 2. The van der Waals surface area contributed by atoms with Gasteiger partial charge in [0, 0.05) is 24.5 Å². The molecule has 2 aliphatic carbocycles. The lowest BCUT2D eigenvalue weighted by molar-refractivity contribution is -0.240. The minimum absolute atomic E-state index is 0.150. The summed E-state index contributed by atoms with van der Waals surface area (Å²) >= 11 is 0. The first-order valence-electron chi connectivity index (χ1n) is 13.8. The van der Waals surface area contributed by atoms with E-state index in [4.69, 9.17) is 23.7 Å². The van der Waals surface area contributed by atoms with Crippen molar-refractivity contribution in [2.75, 3.05) is 19.8 Å². The van der Waals surface area contributed by atoms with Crippen LogP contribution < -0.4 is 0 Å². The van der Waals surface area contributed by atoms with E-state index in [1.165, 1.54) is 12.2 Å². The van der Waals surface area contributed by atoms with Crippen molar-refractivity contribution in [3.05, 3.63) is 36.0 Å². The average molecular weight is 549 g/mol. The summed E-state index contributed by atoms with van der Waals surface area (Å²) in [5.74, 6) is -1.81. The molecule has 0 radical (unpaired) electrons. The van der Waals surface area contributed by atoms with E-state index in [0.29, 0.717) is 19.4 Å². The van der Waals surface area contributed by atoms with Gasteiger partial charge in [0.2, 0.25) is 0 Å². The second-order valence-corrected chi connectivity index (χ2v) is 12.0. The standard InChI is InChI=1S/C29H40O10/c1-16-9-10-35-20(18(3)30)7-5-6-8-24(32)39-21-12-23-29(15-37-29)27(21,4)28(14-36-26(34)25(16)33)13-19(31)17(2)11-22(28)38-23/h5-8,11,16,18-23,25,30-31,33H,9-10,12-15H2,1-4H3/b7-5+,8-6-/t16-,18-,19-,20-,21-,22-,23-,25+,27-,28-,29-/m1/s1. The number of aliphatic hydroxyl groups excluding tert-OH is 3. The van der Waals surface area contributed by atoms with Crippen LogP contribution in [0, 0.1) is 16.7 Å². The van der Waals surface area contributed by atoms with Crippen molar-refractivity contribution in [1.29, 1.82) is 0 Å². The summed E-state index contributed by atoms with van der Waals surface area (Å²) in [7, 11) is 0. The summed E-state index contributed by atoms with van der Waals surface area (Å²) in [6, 6.07) is 0. The van der Waals surface area contributed by atoms with Crippen molar-refractivity contribution in [1.82, 2.24) is 0 Å². The van der Waals surface area contributed by atoms with Crippen molar-refractivity contribution in [3.63, 3.8) is 0 Å². The van der Waals surface area contributed by atoms with Gasteiger partial charge in [-0.2, -0.15) is 0 Å². The molecule has 0 aromatic carbocycles. The number of ether oxygens (including phenoxy) is 5. The summed E-state index contributed by atoms with van der Waals surface area (Å²) in [6.07, 6.45) is 3.82. The molecule has 2 spiro atoms. The number of allylic oxidation sites excluding steroid dienone is 2. The van der Waals surface area contributed by atoms with Gasteiger partial charge in [0.05, 0.1) is 36.4 Å². The molecular weight excluding hydrogens is 508 g/mol. The lowest BCUT2D eigenvalue weighted by Crippen LogP contribution is -2.68. The molecule has 3 heterocycles. The predicted octanol–water partition coefficient (Wildman–Crippen LogP) is 1.36. The molecule has 3 fully saturated rings. The molecule has 5 rings (SSSR count). The average Bonchev–Trinajstić information content (AvgIpc) is 3.67. The van der Waals surface area contributed by atoms with Crippen LogP contribution in [-0.4, -0.2) is 95.4 Å². The van der Waals surface area contributed by atoms with Gasteiger partial charge in [0.15, 0.2) is 6.10 Å². The Kier molecular flexibility index (Phi) is 7.58. The largest absolute Gasteiger partial charge is 0.463 e. The van der Waals surface area contributed by atoms with Gasteiger partial charge in [-0.1, -0.05) is 38.2 Å². The normalized spacial score (nSPS) is 49.0. The van der Waals surface area contributed by atoms with Gasteiger partial charge in [0.25, 0.3) is 0 Å². The third-order valence-corrected chi connectivity index (χ3v) is 9.83. The lowest BCUT2D eigenvalue weighted by atomic mass is 9.51. The van der Waals surface area contributed by atoms with Crippen molar-refractivity contribution in [2.24, 2.45) is 16.7 Å². The molecular formula is C29H40O10. The third kappa shape index (κ3) is 4.59. The van der Waals surface area contributed by atoms with Crippen molar-refractivity contribution in [2.45, 2.75) is 95.3 Å². The quantitative estimate of drug-likeness (QED) is 0.250. The SMILES string of the molecule is CC1=C[C@H]2O[C@@H]3C[C@H]4OC(=O)/C=C\C=C\[C@H]([C@@H](C)O)OCC[C@@H](C)[C@H](O)C(=O)OC[C@@]2(C[C@H]1O)[C@]4(C)[C@@]31CO1. The van der Waals surface area contributed by atoms with Gasteiger partial charge in [-0.25, -0.2) is 9.59 Å². The van der Waals surface area contributed by atoms with E-state index in [-0.39, 0.29) is 25.7 Å². The number of aliphatic hydroxyl groups is 3. The highest BCUT2D eigenvalue weighted by Crippen LogP contribution is 2.72. The smallest absolute Gasteiger partial charge is 0.335 e. The first-order chi connectivity index (χ1) is 18.4. The molecule has 0 amide bonds. The molecule has 10 heteroatoms. The van der Waals surface area contributed by atoms with Crippen LogP contribution in [0.4, 0.5) is 0 Å². The number of epoxide rings is 1. The summed E-state index contributed by atoms with van der Waals surface area (Å²) in [5, 5.41) is 31.8. The first kappa shape index (κ1) is 28.4. The Hall–Kier alpha value is -2.08. The monoisotopic (exact) mass is 548 g/mol. The highest BCUT2D eigenvalue weighted by molar-refractivity contribution is 5.82. The maximum atomic E-state index is 13.1. The maximum absolute atomic E-state index is 13.1. The fourth-order valence-corrected chi connectivity index (χ4v) is 7.05. The van der Waals surface area contributed by atoms with Crippen LogP contribution in [0.2, 0.25) is 0 Å². The Balaban J connectivity index is 1.53. The van der Waals surface area contributed by atoms with Crippen molar-refractivity contribution in [3.8, 4) is 0 Å². The maximum Gasteiger partial charge on any atom is 0.335 e. The summed E-state index contributed by atoms with van der Waals surface area (Å²) < 4.78 is 30.2. The van der Waals surface area contributed by atoms with Gasteiger partial charge in [-0.3, -0.25) is 0 Å². The van der Waals surface area contributed by atoms with Crippen LogP contribution in [0.3, 0.4) is 0 Å². The van der Waals surface area contributed by atoms with Crippen LogP contribution in [0.25, 0.3) is 0 Å². The number of hydrogen-bond donors (Lipinski definition) is 3. The Morgan fingerprint density at radius 1 is 1.13 bits per heavy atom. The van der Waals surface area contributed by atoms with E-state index in [1.807, 2.05) is 19.9 Å². The van der Waals surface area contributed by atoms with Crippen LogP contribution in [0.15, 0.2) is 36.0 Å². The fraction of sp³-hybridized carbons (Fsp3) is 0.724. The van der Waals surface area contributed by atoms with Crippen molar-refractivity contribution >= 4 is 11.9 Å².